The fraction of sp³-hybridized carbons (Fsp3) is 0.333. The van der Waals surface area contributed by atoms with Crippen molar-refractivity contribution < 1.29 is 0 Å². The second-order valence-electron chi connectivity index (χ2n) is 3.08. The predicted octanol–water partition coefficient (Wildman–Crippen LogP) is 2.05. The molecule has 2 aromatic rings. The number of aromatic nitrogens is 4. The predicted molar refractivity (Wildman–Crippen MR) is 55.3 cm³/mol. The zero-order chi connectivity index (χ0) is 10.7. The highest BCUT2D eigenvalue weighted by molar-refractivity contribution is 5.27. The minimum Gasteiger partial charge on any atom is -0.274 e. The van der Waals surface area contributed by atoms with Crippen molar-refractivity contribution in [1.29, 1.82) is 0 Å². The Morgan fingerprint density at radius 3 is 2.33 bits per heavy atom. The Hall–Kier alpha value is -1.98. The molecule has 0 atom stereocenters. The van der Waals surface area contributed by atoms with E-state index in [9.17, 15) is 0 Å². The van der Waals surface area contributed by atoms with E-state index in [0.29, 0.717) is 11.6 Å². The van der Waals surface area contributed by atoms with Gasteiger partial charge in [0.2, 0.25) is 0 Å². The van der Waals surface area contributed by atoms with Crippen molar-refractivity contribution in [2.45, 2.75) is 13.5 Å². The lowest BCUT2D eigenvalue weighted by atomic mass is 10.6. The van der Waals surface area contributed by atoms with Crippen molar-refractivity contribution in [3.05, 3.63) is 24.5 Å². The first-order valence-electron chi connectivity index (χ1n) is 4.73. The Balaban J connectivity index is 2.11. The van der Waals surface area contributed by atoms with Crippen molar-refractivity contribution in [3.8, 4) is 0 Å². The van der Waals surface area contributed by atoms with E-state index in [1.807, 2.05) is 32.4 Å². The van der Waals surface area contributed by atoms with Gasteiger partial charge in [0.15, 0.2) is 11.6 Å². The average molecular weight is 204 g/mol. The Bertz CT molecular complexity index is 466. The summed E-state index contributed by atoms with van der Waals surface area (Å²) < 4.78 is 3.48. The fourth-order valence-electron chi connectivity index (χ4n) is 1.14. The maximum atomic E-state index is 4.17. The lowest BCUT2D eigenvalue weighted by Gasteiger charge is -1.89. The fourth-order valence-corrected chi connectivity index (χ4v) is 1.14. The average Bonchev–Trinajstić information content (AvgIpc) is 2.83. The molecule has 2 rings (SSSR count). The monoisotopic (exact) mass is 204 g/mol. The molecule has 0 spiro atoms. The molecule has 78 valence electrons. The Morgan fingerprint density at radius 2 is 1.80 bits per heavy atom. The number of hydrogen-bond donors (Lipinski definition) is 0. The summed E-state index contributed by atoms with van der Waals surface area (Å²) in [5, 5.41) is 16.2. The summed E-state index contributed by atoms with van der Waals surface area (Å²) in [7, 11) is 1.84. The molecule has 0 saturated heterocycles. The van der Waals surface area contributed by atoms with Crippen LogP contribution in [0, 0.1) is 0 Å². The standard InChI is InChI=1S/C9H12N6/c1-3-15-7-5-9(13-15)11-10-8-4-6-14(2)12-8/h4-7H,3H2,1-2H3. The molecule has 0 radical (unpaired) electrons. The van der Waals surface area contributed by atoms with Gasteiger partial charge < -0.3 is 0 Å². The normalized spacial score (nSPS) is 11.3. The molecular weight excluding hydrogens is 192 g/mol. The van der Waals surface area contributed by atoms with Crippen LogP contribution < -0.4 is 0 Å². The van der Waals surface area contributed by atoms with Gasteiger partial charge in [0.05, 0.1) is 0 Å². The molecule has 6 nitrogen and oxygen atoms in total. The first kappa shape index (κ1) is 9.57. The lowest BCUT2D eigenvalue weighted by Crippen LogP contribution is -1.92. The van der Waals surface area contributed by atoms with Crippen molar-refractivity contribution in [2.24, 2.45) is 17.3 Å². The molecule has 0 amide bonds. The van der Waals surface area contributed by atoms with Gasteiger partial charge in [-0.15, -0.1) is 10.2 Å². The summed E-state index contributed by atoms with van der Waals surface area (Å²) in [4.78, 5) is 0. The van der Waals surface area contributed by atoms with Crippen LogP contribution >= 0.6 is 0 Å². The molecule has 0 aliphatic rings. The Kier molecular flexibility index (Phi) is 2.57. The highest BCUT2D eigenvalue weighted by atomic mass is 15.3. The highest BCUT2D eigenvalue weighted by Gasteiger charge is 1.96. The van der Waals surface area contributed by atoms with Crippen LogP contribution in [0.3, 0.4) is 0 Å². The topological polar surface area (TPSA) is 60.4 Å². The number of rotatable bonds is 3. The summed E-state index contributed by atoms with van der Waals surface area (Å²) in [5.41, 5.74) is 0. The van der Waals surface area contributed by atoms with E-state index in [4.69, 9.17) is 0 Å². The third kappa shape index (κ3) is 2.28. The van der Waals surface area contributed by atoms with Gasteiger partial charge >= 0.3 is 0 Å². The summed E-state index contributed by atoms with van der Waals surface area (Å²) in [6, 6.07) is 3.61. The van der Waals surface area contributed by atoms with Crippen LogP contribution in [-0.4, -0.2) is 19.6 Å². The van der Waals surface area contributed by atoms with E-state index < -0.39 is 0 Å². The van der Waals surface area contributed by atoms with Gasteiger partial charge in [-0.25, -0.2) is 0 Å². The molecule has 0 aromatic carbocycles. The first-order valence-corrected chi connectivity index (χ1v) is 4.73. The summed E-state index contributed by atoms with van der Waals surface area (Å²) in [6.45, 7) is 2.85. The van der Waals surface area contributed by atoms with Crippen LogP contribution in [0.15, 0.2) is 34.8 Å². The van der Waals surface area contributed by atoms with Crippen LogP contribution in [0.5, 0.6) is 0 Å². The van der Waals surface area contributed by atoms with Crippen molar-refractivity contribution in [3.63, 3.8) is 0 Å². The summed E-state index contributed by atoms with van der Waals surface area (Å²) in [5.74, 6) is 1.19. The first-order chi connectivity index (χ1) is 7.28. The van der Waals surface area contributed by atoms with Crippen molar-refractivity contribution in [1.82, 2.24) is 19.6 Å². The molecule has 2 heterocycles. The van der Waals surface area contributed by atoms with Crippen molar-refractivity contribution >= 4 is 11.6 Å². The molecule has 0 aliphatic carbocycles. The third-order valence-electron chi connectivity index (χ3n) is 1.91. The molecule has 15 heavy (non-hydrogen) atoms. The summed E-state index contributed by atoms with van der Waals surface area (Å²) in [6.07, 6.45) is 3.69. The van der Waals surface area contributed by atoms with Gasteiger partial charge in [-0.1, -0.05) is 0 Å². The SMILES string of the molecule is CCn1ccc(N=Nc2ccn(C)n2)n1. The van der Waals surface area contributed by atoms with Crippen LogP contribution in [0.25, 0.3) is 0 Å². The number of aryl methyl sites for hydroxylation is 2. The van der Waals surface area contributed by atoms with Crippen LogP contribution in [0.1, 0.15) is 6.92 Å². The van der Waals surface area contributed by atoms with E-state index >= 15 is 0 Å². The number of nitrogens with zero attached hydrogens (tertiary/aromatic N) is 6. The second kappa shape index (κ2) is 4.04. The second-order valence-corrected chi connectivity index (χ2v) is 3.08. The van der Waals surface area contributed by atoms with E-state index in [1.54, 1.807) is 15.4 Å². The quantitative estimate of drug-likeness (QED) is 0.718. The third-order valence-corrected chi connectivity index (χ3v) is 1.91. The number of hydrogen-bond acceptors (Lipinski definition) is 4. The largest absolute Gasteiger partial charge is 0.274 e. The smallest absolute Gasteiger partial charge is 0.195 e. The minimum absolute atomic E-state index is 0.587. The maximum absolute atomic E-state index is 4.17. The van der Waals surface area contributed by atoms with Gasteiger partial charge in [-0.05, 0) is 6.92 Å². The molecule has 0 aliphatic heterocycles. The van der Waals surface area contributed by atoms with Crippen LogP contribution in [-0.2, 0) is 13.6 Å². The minimum atomic E-state index is 0.587. The Morgan fingerprint density at radius 1 is 1.13 bits per heavy atom. The van der Waals surface area contributed by atoms with Crippen LogP contribution in [0.2, 0.25) is 0 Å². The number of azo groups is 1. The van der Waals surface area contributed by atoms with E-state index in [-0.39, 0.29) is 0 Å². The molecule has 0 N–H and O–H groups in total. The van der Waals surface area contributed by atoms with Gasteiger partial charge in [0, 0.05) is 38.1 Å². The van der Waals surface area contributed by atoms with Gasteiger partial charge in [-0.2, -0.15) is 10.2 Å². The van der Waals surface area contributed by atoms with Gasteiger partial charge in [-0.3, -0.25) is 9.36 Å². The summed E-state index contributed by atoms with van der Waals surface area (Å²) >= 11 is 0. The van der Waals surface area contributed by atoms with E-state index in [2.05, 4.69) is 20.4 Å². The molecule has 0 bridgehead atoms. The maximum Gasteiger partial charge on any atom is 0.195 e. The molecular formula is C9H12N6. The van der Waals surface area contributed by atoms with Gasteiger partial charge in [0.1, 0.15) is 0 Å². The lowest BCUT2D eigenvalue weighted by molar-refractivity contribution is 0.660. The molecule has 2 aromatic heterocycles. The molecule has 0 saturated carbocycles. The zero-order valence-electron chi connectivity index (χ0n) is 8.70. The van der Waals surface area contributed by atoms with Crippen LogP contribution in [0.4, 0.5) is 11.6 Å². The van der Waals surface area contributed by atoms with E-state index in [0.717, 1.165) is 6.54 Å². The molecule has 0 fully saturated rings. The highest BCUT2D eigenvalue weighted by Crippen LogP contribution is 2.13. The Labute approximate surface area is 87.2 Å². The molecule has 6 heteroatoms. The zero-order valence-corrected chi connectivity index (χ0v) is 8.70. The van der Waals surface area contributed by atoms with Crippen molar-refractivity contribution in [2.75, 3.05) is 0 Å². The van der Waals surface area contributed by atoms with E-state index in [1.165, 1.54) is 0 Å². The molecule has 0 unspecified atom stereocenters. The van der Waals surface area contributed by atoms with Gasteiger partial charge in [0.25, 0.3) is 0 Å².